The summed E-state index contributed by atoms with van der Waals surface area (Å²) < 4.78 is 3.54. The normalized spacial score (nSPS) is 16.1. The molecule has 9 heteroatoms. The van der Waals surface area contributed by atoms with Crippen LogP contribution in [-0.4, -0.2) is 48.0 Å². The van der Waals surface area contributed by atoms with Gasteiger partial charge in [0, 0.05) is 73.9 Å². The second-order valence-electron chi connectivity index (χ2n) is 8.03. The Kier molecular flexibility index (Phi) is 5.14. The van der Waals surface area contributed by atoms with Gasteiger partial charge in [-0.2, -0.15) is 10.2 Å². The van der Waals surface area contributed by atoms with Crippen LogP contribution in [0.5, 0.6) is 0 Å². The maximum atomic E-state index is 11.6. The molecule has 0 saturated carbocycles. The van der Waals surface area contributed by atoms with E-state index in [4.69, 9.17) is 4.98 Å². The van der Waals surface area contributed by atoms with Crippen molar-refractivity contribution in [2.75, 3.05) is 11.9 Å². The molecule has 0 bridgehead atoms. The summed E-state index contributed by atoms with van der Waals surface area (Å²) in [5.74, 6) is 1.45. The highest BCUT2D eigenvalue weighted by atomic mass is 16.1. The average Bonchev–Trinajstić information content (AvgIpc) is 3.44. The highest BCUT2D eigenvalue weighted by Gasteiger charge is 2.21. The van der Waals surface area contributed by atoms with Crippen LogP contribution in [0.15, 0.2) is 55.2 Å². The van der Waals surface area contributed by atoms with Gasteiger partial charge in [-0.1, -0.05) is 18.2 Å². The van der Waals surface area contributed by atoms with Crippen LogP contribution in [-0.2, 0) is 18.9 Å². The Morgan fingerprint density at radius 2 is 1.75 bits per heavy atom. The molecule has 162 valence electrons. The van der Waals surface area contributed by atoms with Crippen LogP contribution in [0.2, 0.25) is 0 Å². The fourth-order valence-electron chi connectivity index (χ4n) is 3.86. The van der Waals surface area contributed by atoms with Crippen molar-refractivity contribution in [2.45, 2.75) is 18.9 Å². The fraction of sp³-hybridized carbons (Fsp3) is 0.261. The summed E-state index contributed by atoms with van der Waals surface area (Å²) in [5, 5.41) is 15.0. The van der Waals surface area contributed by atoms with E-state index in [2.05, 4.69) is 31.9 Å². The van der Waals surface area contributed by atoms with Crippen molar-refractivity contribution in [2.24, 2.45) is 14.1 Å². The fourth-order valence-corrected chi connectivity index (χ4v) is 3.86. The lowest BCUT2D eigenvalue weighted by atomic mass is 10.0. The minimum absolute atomic E-state index is 0.0890. The summed E-state index contributed by atoms with van der Waals surface area (Å²) in [4.78, 5) is 21.1. The van der Waals surface area contributed by atoms with Crippen LogP contribution in [0.4, 0.5) is 5.82 Å². The molecule has 32 heavy (non-hydrogen) atoms. The number of hydrogen-bond acceptors (Lipinski definition) is 6. The number of piperidine rings is 1. The largest absolute Gasteiger partial charge is 0.365 e. The van der Waals surface area contributed by atoms with Crippen LogP contribution in [0.25, 0.3) is 33.6 Å². The Morgan fingerprint density at radius 1 is 1.00 bits per heavy atom. The third kappa shape index (κ3) is 4.09. The number of nitrogens with one attached hydrogen (secondary N) is 2. The van der Waals surface area contributed by atoms with Crippen molar-refractivity contribution in [1.82, 2.24) is 34.8 Å². The van der Waals surface area contributed by atoms with E-state index < -0.39 is 0 Å². The monoisotopic (exact) mass is 428 g/mol. The van der Waals surface area contributed by atoms with Crippen molar-refractivity contribution < 1.29 is 4.79 Å². The maximum Gasteiger partial charge on any atom is 0.220 e. The number of rotatable bonds is 5. The van der Waals surface area contributed by atoms with E-state index in [0.29, 0.717) is 18.8 Å². The van der Waals surface area contributed by atoms with E-state index in [9.17, 15) is 4.79 Å². The Morgan fingerprint density at radius 3 is 2.44 bits per heavy atom. The van der Waals surface area contributed by atoms with Gasteiger partial charge in [-0.25, -0.2) is 9.97 Å². The van der Waals surface area contributed by atoms with Gasteiger partial charge < -0.3 is 10.6 Å². The summed E-state index contributed by atoms with van der Waals surface area (Å²) in [6, 6.07) is 8.23. The van der Waals surface area contributed by atoms with Gasteiger partial charge in [-0.15, -0.1) is 0 Å². The van der Waals surface area contributed by atoms with Gasteiger partial charge in [0.25, 0.3) is 0 Å². The smallest absolute Gasteiger partial charge is 0.220 e. The number of anilines is 1. The van der Waals surface area contributed by atoms with Crippen molar-refractivity contribution in [1.29, 1.82) is 0 Å². The first-order valence-electron chi connectivity index (χ1n) is 10.5. The standard InChI is InChI=1S/C23H24N8O/c1-30-13-17(9-26-30)15-4-3-5-16(8-15)22-25-12-20(18-10-27-31(2)14-18)23(29-22)28-19-6-7-21(32)24-11-19/h3-5,8-10,12-14,19H,6-7,11H2,1-2H3,(H,24,32)(H,25,28,29). The summed E-state index contributed by atoms with van der Waals surface area (Å²) in [5.41, 5.74) is 4.83. The second kappa shape index (κ2) is 8.26. The Bertz CT molecular complexity index is 1260. The van der Waals surface area contributed by atoms with E-state index in [1.54, 1.807) is 15.6 Å². The van der Waals surface area contributed by atoms with Crippen LogP contribution in [0.1, 0.15) is 12.8 Å². The average molecular weight is 429 g/mol. The maximum absolute atomic E-state index is 11.6. The zero-order valence-corrected chi connectivity index (χ0v) is 18.0. The predicted molar refractivity (Wildman–Crippen MR) is 122 cm³/mol. The molecule has 1 fully saturated rings. The van der Waals surface area contributed by atoms with Gasteiger partial charge in [-0.3, -0.25) is 14.2 Å². The minimum atomic E-state index is 0.0890. The summed E-state index contributed by atoms with van der Waals surface area (Å²) >= 11 is 0. The van der Waals surface area contributed by atoms with Gasteiger partial charge in [0.1, 0.15) is 5.82 Å². The minimum Gasteiger partial charge on any atom is -0.365 e. The number of aryl methyl sites for hydroxylation is 2. The lowest BCUT2D eigenvalue weighted by Crippen LogP contribution is -2.42. The van der Waals surface area contributed by atoms with Crippen LogP contribution >= 0.6 is 0 Å². The molecule has 0 spiro atoms. The molecule has 0 radical (unpaired) electrons. The third-order valence-electron chi connectivity index (χ3n) is 5.57. The predicted octanol–water partition coefficient (Wildman–Crippen LogP) is 2.64. The van der Waals surface area contributed by atoms with Gasteiger partial charge in [0.2, 0.25) is 5.91 Å². The Labute approximate surface area is 185 Å². The van der Waals surface area contributed by atoms with Crippen molar-refractivity contribution in [3.63, 3.8) is 0 Å². The van der Waals surface area contributed by atoms with Crippen molar-refractivity contribution in [3.8, 4) is 33.6 Å². The van der Waals surface area contributed by atoms with Crippen LogP contribution in [0, 0.1) is 0 Å². The molecule has 1 aromatic carbocycles. The van der Waals surface area contributed by atoms with Crippen molar-refractivity contribution in [3.05, 3.63) is 55.2 Å². The van der Waals surface area contributed by atoms with E-state index in [1.165, 1.54) is 0 Å². The number of carbonyl (C=O) groups excluding carboxylic acids is 1. The molecule has 4 heterocycles. The number of benzene rings is 1. The summed E-state index contributed by atoms with van der Waals surface area (Å²) in [7, 11) is 3.78. The molecule has 4 aromatic rings. The van der Waals surface area contributed by atoms with Gasteiger partial charge in [0.15, 0.2) is 5.82 Å². The quantitative estimate of drug-likeness (QED) is 0.507. The highest BCUT2D eigenvalue weighted by Crippen LogP contribution is 2.30. The SMILES string of the molecule is Cn1cc(-c2cccc(-c3ncc(-c4cnn(C)c4)c(NC4CCC(=O)NC4)n3)c2)cn1. The second-order valence-corrected chi connectivity index (χ2v) is 8.03. The molecule has 2 N–H and O–H groups in total. The molecular formula is C23H24N8O. The Balaban J connectivity index is 1.52. The Hall–Kier alpha value is -4.01. The van der Waals surface area contributed by atoms with E-state index >= 15 is 0 Å². The molecule has 1 saturated heterocycles. The van der Waals surface area contributed by atoms with E-state index in [0.717, 1.165) is 40.1 Å². The molecule has 0 aliphatic carbocycles. The highest BCUT2D eigenvalue weighted by molar-refractivity contribution is 5.78. The molecule has 1 aliphatic heterocycles. The molecular weight excluding hydrogens is 404 g/mol. The lowest BCUT2D eigenvalue weighted by Gasteiger charge is -2.25. The third-order valence-corrected chi connectivity index (χ3v) is 5.57. The van der Waals surface area contributed by atoms with Crippen LogP contribution in [0.3, 0.4) is 0 Å². The number of hydrogen-bond donors (Lipinski definition) is 2. The molecule has 1 atom stereocenters. The number of aromatic nitrogens is 6. The molecule has 5 rings (SSSR count). The first-order valence-corrected chi connectivity index (χ1v) is 10.5. The summed E-state index contributed by atoms with van der Waals surface area (Å²) in [6.45, 7) is 0.571. The lowest BCUT2D eigenvalue weighted by molar-refractivity contribution is -0.122. The number of nitrogens with zero attached hydrogens (tertiary/aromatic N) is 6. The van der Waals surface area contributed by atoms with Crippen LogP contribution < -0.4 is 10.6 Å². The zero-order valence-electron chi connectivity index (χ0n) is 18.0. The summed E-state index contributed by atoms with van der Waals surface area (Å²) in [6.07, 6.45) is 10.7. The van der Waals surface area contributed by atoms with E-state index in [1.807, 2.05) is 57.1 Å². The molecule has 9 nitrogen and oxygen atoms in total. The first kappa shape index (κ1) is 19.9. The number of amides is 1. The van der Waals surface area contributed by atoms with Gasteiger partial charge >= 0.3 is 0 Å². The molecule has 1 amide bonds. The number of carbonyl (C=O) groups is 1. The molecule has 3 aromatic heterocycles. The molecule has 1 unspecified atom stereocenters. The van der Waals surface area contributed by atoms with Crippen molar-refractivity contribution >= 4 is 11.7 Å². The van der Waals surface area contributed by atoms with Gasteiger partial charge in [0.05, 0.1) is 12.4 Å². The van der Waals surface area contributed by atoms with E-state index in [-0.39, 0.29) is 11.9 Å². The topological polar surface area (TPSA) is 103 Å². The first-order chi connectivity index (χ1) is 15.5. The zero-order chi connectivity index (χ0) is 22.1. The molecule has 1 aliphatic rings. The van der Waals surface area contributed by atoms with Gasteiger partial charge in [-0.05, 0) is 18.1 Å².